The van der Waals surface area contributed by atoms with Crippen molar-refractivity contribution in [1.82, 2.24) is 25.2 Å². The number of aryl methyl sites for hydroxylation is 1. The first-order valence-corrected chi connectivity index (χ1v) is 9.27. The van der Waals surface area contributed by atoms with E-state index in [1.54, 1.807) is 31.0 Å². The molecule has 1 N–H and O–H groups in total. The largest absolute Gasteiger partial charge is 0.450 e. The molecule has 0 atom stereocenters. The van der Waals surface area contributed by atoms with E-state index < -0.39 is 0 Å². The second kappa shape index (κ2) is 9.12. The Hall–Kier alpha value is -3.23. The number of carbonyl (C=O) groups excluding carboxylic acids is 2. The highest BCUT2D eigenvalue weighted by molar-refractivity contribution is 5.92. The van der Waals surface area contributed by atoms with Crippen LogP contribution in [0, 0.1) is 6.92 Å². The number of rotatable bonds is 5. The Morgan fingerprint density at radius 3 is 2.64 bits per heavy atom. The summed E-state index contributed by atoms with van der Waals surface area (Å²) >= 11 is 0. The van der Waals surface area contributed by atoms with E-state index >= 15 is 0 Å². The molecular weight excluding hydrogens is 360 g/mol. The maximum Gasteiger partial charge on any atom is 0.409 e. The Morgan fingerprint density at radius 1 is 1.18 bits per heavy atom. The van der Waals surface area contributed by atoms with E-state index in [-0.39, 0.29) is 12.0 Å². The fraction of sp³-hybridized carbons (Fsp3) is 0.421. The van der Waals surface area contributed by atoms with Crippen molar-refractivity contribution >= 4 is 17.8 Å². The number of nitrogens with one attached hydrogen (secondary N) is 1. The van der Waals surface area contributed by atoms with Crippen LogP contribution in [-0.2, 0) is 11.3 Å². The first-order chi connectivity index (χ1) is 13.6. The van der Waals surface area contributed by atoms with Crippen molar-refractivity contribution in [3.63, 3.8) is 0 Å². The molecule has 0 aromatic carbocycles. The number of piperazine rings is 1. The van der Waals surface area contributed by atoms with Crippen molar-refractivity contribution in [3.8, 4) is 0 Å². The molecule has 2 amide bonds. The molecule has 1 aliphatic rings. The molecule has 9 nitrogen and oxygen atoms in total. The van der Waals surface area contributed by atoms with Gasteiger partial charge in [0.15, 0.2) is 0 Å². The summed E-state index contributed by atoms with van der Waals surface area (Å²) in [6.45, 7) is 6.56. The highest BCUT2D eigenvalue weighted by Crippen LogP contribution is 2.16. The summed E-state index contributed by atoms with van der Waals surface area (Å²) in [5, 5.41) is 2.83. The third kappa shape index (κ3) is 4.93. The molecule has 9 heteroatoms. The minimum atomic E-state index is -0.296. The van der Waals surface area contributed by atoms with E-state index in [1.807, 2.05) is 23.1 Å². The average molecular weight is 384 g/mol. The minimum absolute atomic E-state index is 0.275. The van der Waals surface area contributed by atoms with E-state index in [9.17, 15) is 9.59 Å². The van der Waals surface area contributed by atoms with E-state index in [0.29, 0.717) is 56.7 Å². The fourth-order valence-corrected chi connectivity index (χ4v) is 2.93. The SMILES string of the molecule is CCOC(=O)N1CCN(c2cc(C(=O)NCc3ccccn3)nc(C)n2)CC1. The zero-order chi connectivity index (χ0) is 19.9. The van der Waals surface area contributed by atoms with Gasteiger partial charge in [-0.1, -0.05) is 6.07 Å². The van der Waals surface area contributed by atoms with Gasteiger partial charge >= 0.3 is 6.09 Å². The Labute approximate surface area is 163 Å². The Balaban J connectivity index is 1.63. The predicted molar refractivity (Wildman–Crippen MR) is 103 cm³/mol. The van der Waals surface area contributed by atoms with Gasteiger partial charge in [-0.2, -0.15) is 0 Å². The van der Waals surface area contributed by atoms with Crippen molar-refractivity contribution in [3.05, 3.63) is 47.7 Å². The molecule has 0 bridgehead atoms. The molecule has 3 heterocycles. The zero-order valence-corrected chi connectivity index (χ0v) is 16.1. The van der Waals surface area contributed by atoms with E-state index in [0.717, 1.165) is 5.69 Å². The molecule has 2 aromatic heterocycles. The highest BCUT2D eigenvalue weighted by Gasteiger charge is 2.23. The summed E-state index contributed by atoms with van der Waals surface area (Å²) in [6.07, 6.45) is 1.39. The number of hydrogen-bond donors (Lipinski definition) is 1. The van der Waals surface area contributed by atoms with Crippen LogP contribution in [0.1, 0.15) is 28.9 Å². The first-order valence-electron chi connectivity index (χ1n) is 9.27. The van der Waals surface area contributed by atoms with Gasteiger partial charge < -0.3 is 19.9 Å². The van der Waals surface area contributed by atoms with E-state index in [4.69, 9.17) is 4.74 Å². The number of anilines is 1. The van der Waals surface area contributed by atoms with Crippen LogP contribution in [0.25, 0.3) is 0 Å². The smallest absolute Gasteiger partial charge is 0.409 e. The molecule has 1 aliphatic heterocycles. The fourth-order valence-electron chi connectivity index (χ4n) is 2.93. The van der Waals surface area contributed by atoms with Crippen LogP contribution in [-0.4, -0.2) is 64.6 Å². The number of pyridine rings is 1. The molecule has 0 aliphatic carbocycles. The second-order valence-corrected chi connectivity index (χ2v) is 6.34. The molecule has 0 radical (unpaired) electrons. The summed E-state index contributed by atoms with van der Waals surface area (Å²) in [5.74, 6) is 0.926. The molecule has 0 saturated carbocycles. The normalized spacial score (nSPS) is 13.9. The minimum Gasteiger partial charge on any atom is -0.450 e. The summed E-state index contributed by atoms with van der Waals surface area (Å²) in [4.78, 5) is 40.9. The van der Waals surface area contributed by atoms with Crippen LogP contribution in [0.3, 0.4) is 0 Å². The van der Waals surface area contributed by atoms with Gasteiger partial charge in [-0.3, -0.25) is 9.78 Å². The van der Waals surface area contributed by atoms with Crippen LogP contribution in [0.4, 0.5) is 10.6 Å². The first kappa shape index (κ1) is 19.5. The van der Waals surface area contributed by atoms with Gasteiger partial charge in [0.25, 0.3) is 5.91 Å². The quantitative estimate of drug-likeness (QED) is 0.831. The second-order valence-electron chi connectivity index (χ2n) is 6.34. The van der Waals surface area contributed by atoms with Crippen LogP contribution in [0.15, 0.2) is 30.5 Å². The average Bonchev–Trinajstić information content (AvgIpc) is 2.72. The van der Waals surface area contributed by atoms with Crippen LogP contribution in [0.2, 0.25) is 0 Å². The number of ether oxygens (including phenoxy) is 1. The molecular formula is C19H24N6O3. The molecule has 2 aromatic rings. The van der Waals surface area contributed by atoms with Crippen molar-refractivity contribution in [1.29, 1.82) is 0 Å². The Bertz CT molecular complexity index is 822. The number of amides is 2. The van der Waals surface area contributed by atoms with Crippen molar-refractivity contribution in [2.75, 3.05) is 37.7 Å². The maximum atomic E-state index is 12.5. The lowest BCUT2D eigenvalue weighted by Gasteiger charge is -2.34. The molecule has 0 unspecified atom stereocenters. The van der Waals surface area contributed by atoms with Crippen molar-refractivity contribution in [2.24, 2.45) is 0 Å². The summed E-state index contributed by atoms with van der Waals surface area (Å²) in [6, 6.07) is 7.23. The third-order valence-electron chi connectivity index (χ3n) is 4.34. The summed E-state index contributed by atoms with van der Waals surface area (Å²) in [5.41, 5.74) is 1.09. The van der Waals surface area contributed by atoms with Crippen molar-refractivity contribution in [2.45, 2.75) is 20.4 Å². The number of nitrogens with zero attached hydrogens (tertiary/aromatic N) is 5. The van der Waals surface area contributed by atoms with Gasteiger partial charge in [-0.15, -0.1) is 0 Å². The lowest BCUT2D eigenvalue weighted by atomic mass is 10.3. The van der Waals surface area contributed by atoms with E-state index in [2.05, 4.69) is 20.3 Å². The number of hydrogen-bond acceptors (Lipinski definition) is 7. The molecule has 148 valence electrons. The van der Waals surface area contributed by atoms with Crippen molar-refractivity contribution < 1.29 is 14.3 Å². The molecule has 28 heavy (non-hydrogen) atoms. The van der Waals surface area contributed by atoms with E-state index in [1.165, 1.54) is 0 Å². The van der Waals surface area contributed by atoms with Gasteiger partial charge in [0, 0.05) is 38.4 Å². The van der Waals surface area contributed by atoms with Gasteiger partial charge in [-0.25, -0.2) is 14.8 Å². The van der Waals surface area contributed by atoms with Gasteiger partial charge in [0.2, 0.25) is 0 Å². The monoisotopic (exact) mass is 384 g/mol. The van der Waals surface area contributed by atoms with Crippen LogP contribution >= 0.6 is 0 Å². The van der Waals surface area contributed by atoms with Gasteiger partial charge in [0.1, 0.15) is 17.3 Å². The van der Waals surface area contributed by atoms with Gasteiger partial charge in [-0.05, 0) is 26.0 Å². The van der Waals surface area contributed by atoms with Crippen LogP contribution < -0.4 is 10.2 Å². The predicted octanol–water partition coefficient (Wildman–Crippen LogP) is 1.39. The van der Waals surface area contributed by atoms with Crippen LogP contribution in [0.5, 0.6) is 0 Å². The summed E-state index contributed by atoms with van der Waals surface area (Å²) < 4.78 is 5.04. The third-order valence-corrected chi connectivity index (χ3v) is 4.34. The highest BCUT2D eigenvalue weighted by atomic mass is 16.6. The lowest BCUT2D eigenvalue weighted by Crippen LogP contribution is -2.49. The lowest BCUT2D eigenvalue weighted by molar-refractivity contribution is 0.0945. The number of aromatic nitrogens is 3. The Morgan fingerprint density at radius 2 is 1.96 bits per heavy atom. The summed E-state index contributed by atoms with van der Waals surface area (Å²) in [7, 11) is 0. The molecule has 0 spiro atoms. The van der Waals surface area contributed by atoms with Gasteiger partial charge in [0.05, 0.1) is 18.8 Å². The molecule has 1 fully saturated rings. The number of carbonyl (C=O) groups is 2. The molecule has 3 rings (SSSR count). The standard InChI is InChI=1S/C19H24N6O3/c1-3-28-19(27)25-10-8-24(9-11-25)17-12-16(22-14(2)23-17)18(26)21-13-15-6-4-5-7-20-15/h4-7,12H,3,8-11,13H2,1-2H3,(H,21,26). The topological polar surface area (TPSA) is 101 Å². The maximum absolute atomic E-state index is 12.5. The zero-order valence-electron chi connectivity index (χ0n) is 16.1. The molecule has 1 saturated heterocycles. The Kier molecular flexibility index (Phi) is 6.36.